The van der Waals surface area contributed by atoms with E-state index in [1.54, 1.807) is 0 Å². The molecular formula is C26H29ClF2N2O3S. The minimum Gasteiger partial charge on any atom is -0.322 e. The average Bonchev–Trinajstić information content (AvgIpc) is 2.78. The molecule has 4 saturated carbocycles. The third-order valence-corrected chi connectivity index (χ3v) is 10.5. The van der Waals surface area contributed by atoms with Crippen molar-refractivity contribution in [2.45, 2.75) is 56.4 Å². The number of hydrogen-bond donors (Lipinski definition) is 1. The van der Waals surface area contributed by atoms with E-state index in [1.165, 1.54) is 47.8 Å². The van der Waals surface area contributed by atoms with Crippen LogP contribution in [0.5, 0.6) is 0 Å². The molecule has 5 nitrogen and oxygen atoms in total. The molecule has 6 rings (SSSR count). The molecule has 2 aromatic carbocycles. The van der Waals surface area contributed by atoms with Crippen LogP contribution in [0.25, 0.3) is 0 Å². The zero-order chi connectivity index (χ0) is 25.0. The highest BCUT2D eigenvalue weighted by Crippen LogP contribution is 2.62. The Labute approximate surface area is 209 Å². The van der Waals surface area contributed by atoms with Gasteiger partial charge in [0.25, 0.3) is 0 Å². The molecule has 9 heteroatoms. The van der Waals surface area contributed by atoms with Crippen LogP contribution in [0.2, 0.25) is 5.02 Å². The summed E-state index contributed by atoms with van der Waals surface area (Å²) in [6.45, 7) is 1.44. The lowest BCUT2D eigenvalue weighted by Gasteiger charge is -2.60. The summed E-state index contributed by atoms with van der Waals surface area (Å²) in [5.74, 6) is -0.546. The number of sulfonamides is 1. The van der Waals surface area contributed by atoms with Crippen molar-refractivity contribution in [1.82, 2.24) is 4.31 Å². The highest BCUT2D eigenvalue weighted by molar-refractivity contribution is 7.89. The molecule has 0 saturated heterocycles. The maximum absolute atomic E-state index is 14.1. The minimum atomic E-state index is -4.05. The van der Waals surface area contributed by atoms with Gasteiger partial charge in [0.1, 0.15) is 11.6 Å². The first kappa shape index (κ1) is 24.7. The SMILES string of the molecule is C[C@@H](N(CC(=O)Nc1ccc(F)cc1F)S(=O)(=O)c1ccc(Cl)cc1)C12CC3CC(CC(C3)C1)C2. The standard InChI is InChI=1S/C26H29ClF2N2O3S/c1-16(26-12-17-8-18(13-26)10-19(9-17)14-26)31(35(33,34)22-5-2-20(27)3-6-22)15-25(32)30-24-7-4-21(28)11-23(24)29/h2-7,11,16-19H,8-10,12-15H2,1H3,(H,30,32)/t16-,17?,18?,19?,26?/m1/s1. The Balaban J connectivity index is 1.47. The van der Waals surface area contributed by atoms with Crippen LogP contribution >= 0.6 is 11.6 Å². The summed E-state index contributed by atoms with van der Waals surface area (Å²) in [6.07, 6.45) is 6.50. The Hall–Kier alpha value is -2.03. The first-order valence-electron chi connectivity index (χ1n) is 12.1. The highest BCUT2D eigenvalue weighted by Gasteiger charge is 2.55. The van der Waals surface area contributed by atoms with E-state index in [1.807, 2.05) is 6.92 Å². The zero-order valence-corrected chi connectivity index (χ0v) is 21.1. The van der Waals surface area contributed by atoms with Crippen LogP contribution < -0.4 is 5.32 Å². The average molecular weight is 523 g/mol. The molecule has 0 aromatic heterocycles. The smallest absolute Gasteiger partial charge is 0.243 e. The van der Waals surface area contributed by atoms with Crippen LogP contribution in [0.15, 0.2) is 47.4 Å². The van der Waals surface area contributed by atoms with Crippen LogP contribution in [-0.2, 0) is 14.8 Å². The van der Waals surface area contributed by atoms with Crippen LogP contribution in [-0.4, -0.2) is 31.2 Å². The lowest BCUT2D eigenvalue weighted by molar-refractivity contribution is -0.119. The van der Waals surface area contributed by atoms with E-state index in [-0.39, 0.29) is 16.0 Å². The van der Waals surface area contributed by atoms with Gasteiger partial charge in [-0.3, -0.25) is 4.79 Å². The number of rotatable bonds is 7. The van der Waals surface area contributed by atoms with Crippen molar-refractivity contribution >= 4 is 33.2 Å². The summed E-state index contributed by atoms with van der Waals surface area (Å²) >= 11 is 5.98. The van der Waals surface area contributed by atoms with E-state index in [4.69, 9.17) is 11.6 Å². The van der Waals surface area contributed by atoms with Gasteiger partial charge in [0.05, 0.1) is 17.1 Å². The Bertz CT molecular complexity index is 1200. The molecule has 0 unspecified atom stereocenters. The van der Waals surface area contributed by atoms with Gasteiger partial charge in [0, 0.05) is 17.1 Å². The first-order chi connectivity index (χ1) is 16.6. The molecule has 4 aliphatic rings. The maximum atomic E-state index is 14.1. The number of nitrogens with one attached hydrogen (secondary N) is 1. The summed E-state index contributed by atoms with van der Waals surface area (Å²) in [5.41, 5.74) is -0.377. The molecule has 1 N–H and O–H groups in total. The molecule has 0 spiro atoms. The normalized spacial score (nSPS) is 28.3. The predicted molar refractivity (Wildman–Crippen MR) is 130 cm³/mol. The summed E-state index contributed by atoms with van der Waals surface area (Å²) < 4.78 is 56.4. The van der Waals surface area contributed by atoms with Crippen molar-refractivity contribution in [2.75, 3.05) is 11.9 Å². The van der Waals surface area contributed by atoms with Crippen LogP contribution in [0.1, 0.15) is 45.4 Å². The third kappa shape index (κ3) is 4.72. The van der Waals surface area contributed by atoms with Crippen molar-refractivity contribution in [3.05, 3.63) is 59.1 Å². The second-order valence-corrected chi connectivity index (χ2v) is 13.0. The third-order valence-electron chi connectivity index (χ3n) is 8.33. The molecule has 4 aliphatic carbocycles. The topological polar surface area (TPSA) is 66.5 Å². The van der Waals surface area contributed by atoms with Gasteiger partial charge in [-0.05, 0) is 105 Å². The van der Waals surface area contributed by atoms with Gasteiger partial charge in [-0.1, -0.05) is 11.6 Å². The lowest BCUT2D eigenvalue weighted by atomic mass is 9.48. The molecule has 35 heavy (non-hydrogen) atoms. The molecular weight excluding hydrogens is 494 g/mol. The first-order valence-corrected chi connectivity index (χ1v) is 13.9. The van der Waals surface area contributed by atoms with Gasteiger partial charge < -0.3 is 5.32 Å². The van der Waals surface area contributed by atoms with E-state index >= 15 is 0 Å². The van der Waals surface area contributed by atoms with Gasteiger partial charge in [-0.25, -0.2) is 17.2 Å². The number of hydrogen-bond acceptors (Lipinski definition) is 3. The quantitative estimate of drug-likeness (QED) is 0.496. The number of benzene rings is 2. The van der Waals surface area contributed by atoms with Gasteiger partial charge in [-0.2, -0.15) is 4.31 Å². The van der Waals surface area contributed by atoms with Gasteiger partial charge in [0.15, 0.2) is 0 Å². The van der Waals surface area contributed by atoms with Gasteiger partial charge in [-0.15, -0.1) is 0 Å². The number of carbonyl (C=O) groups is 1. The Kier molecular flexibility index (Phi) is 6.43. The number of amides is 1. The van der Waals surface area contributed by atoms with E-state index in [9.17, 15) is 22.0 Å². The summed E-state index contributed by atoms with van der Waals surface area (Å²) in [4.78, 5) is 13.1. The van der Waals surface area contributed by atoms with E-state index < -0.39 is 40.2 Å². The van der Waals surface area contributed by atoms with Crippen LogP contribution in [0, 0.1) is 34.8 Å². The van der Waals surface area contributed by atoms with Crippen LogP contribution in [0.4, 0.5) is 14.5 Å². The Morgan fingerprint density at radius 3 is 2.17 bits per heavy atom. The van der Waals surface area contributed by atoms with Gasteiger partial charge >= 0.3 is 0 Å². The fourth-order valence-electron chi connectivity index (χ4n) is 7.09. The summed E-state index contributed by atoms with van der Waals surface area (Å²) in [7, 11) is -4.05. The molecule has 0 aliphatic heterocycles. The highest BCUT2D eigenvalue weighted by atomic mass is 35.5. The molecule has 2 aromatic rings. The van der Waals surface area contributed by atoms with Crippen molar-refractivity contribution < 1.29 is 22.0 Å². The molecule has 1 atom stereocenters. The second kappa shape index (κ2) is 9.12. The Morgan fingerprint density at radius 2 is 1.63 bits per heavy atom. The molecule has 188 valence electrons. The fraction of sp³-hybridized carbons (Fsp3) is 0.500. The van der Waals surface area contributed by atoms with E-state index in [0.717, 1.165) is 31.4 Å². The monoisotopic (exact) mass is 522 g/mol. The van der Waals surface area contributed by atoms with E-state index in [0.29, 0.717) is 28.8 Å². The molecule has 4 fully saturated rings. The van der Waals surface area contributed by atoms with Crippen LogP contribution in [0.3, 0.4) is 0 Å². The maximum Gasteiger partial charge on any atom is 0.243 e. The minimum absolute atomic E-state index is 0.0549. The number of halogens is 3. The molecule has 0 heterocycles. The largest absolute Gasteiger partial charge is 0.322 e. The number of carbonyl (C=O) groups excluding carboxylic acids is 1. The van der Waals surface area contributed by atoms with Crippen molar-refractivity contribution in [1.29, 1.82) is 0 Å². The van der Waals surface area contributed by atoms with Crippen molar-refractivity contribution in [3.8, 4) is 0 Å². The van der Waals surface area contributed by atoms with Crippen molar-refractivity contribution in [3.63, 3.8) is 0 Å². The molecule has 4 bridgehead atoms. The second-order valence-electron chi connectivity index (χ2n) is 10.6. The molecule has 0 radical (unpaired) electrons. The number of anilines is 1. The van der Waals surface area contributed by atoms with Crippen molar-refractivity contribution in [2.24, 2.45) is 23.2 Å². The fourth-order valence-corrected chi connectivity index (χ4v) is 8.89. The lowest BCUT2D eigenvalue weighted by Crippen LogP contribution is -2.58. The predicted octanol–water partition coefficient (Wildman–Crippen LogP) is 5.85. The number of nitrogens with zero attached hydrogens (tertiary/aromatic N) is 1. The van der Waals surface area contributed by atoms with E-state index in [2.05, 4.69) is 5.32 Å². The summed E-state index contributed by atoms with van der Waals surface area (Å²) in [6, 6.07) is 8.33. The zero-order valence-electron chi connectivity index (χ0n) is 19.5. The Morgan fingerprint density at radius 1 is 1.06 bits per heavy atom. The molecule has 1 amide bonds. The summed E-state index contributed by atoms with van der Waals surface area (Å²) in [5, 5.41) is 2.83. The van der Waals surface area contributed by atoms with Gasteiger partial charge in [0.2, 0.25) is 15.9 Å².